The van der Waals surface area contributed by atoms with Gasteiger partial charge in [-0.1, -0.05) is 24.3 Å². The molecule has 0 aliphatic heterocycles. The number of hydrogen-bond donors (Lipinski definition) is 1. The van der Waals surface area contributed by atoms with Crippen molar-refractivity contribution in [1.29, 1.82) is 0 Å². The number of alkyl halides is 3. The molecule has 1 N–H and O–H groups in total. The number of halogens is 3. The number of hydrogen-bond acceptors (Lipinski definition) is 5. The molecule has 0 aliphatic rings. The van der Waals surface area contributed by atoms with Crippen LogP contribution in [-0.4, -0.2) is 24.8 Å². The predicted octanol–water partition coefficient (Wildman–Crippen LogP) is 4.14. The topological polar surface area (TPSA) is 73.6 Å². The third-order valence-corrected chi connectivity index (χ3v) is 3.85. The Morgan fingerprint density at radius 2 is 1.78 bits per heavy atom. The molecule has 0 aromatic heterocycles. The first kappa shape index (κ1) is 20.5. The number of nitro benzene ring substituents is 1. The van der Waals surface area contributed by atoms with E-state index in [9.17, 15) is 23.3 Å². The Hall–Kier alpha value is -2.81. The van der Waals surface area contributed by atoms with Crippen LogP contribution in [0.25, 0.3) is 0 Å². The number of nitro groups is 1. The highest BCUT2D eigenvalue weighted by Crippen LogP contribution is 2.35. The summed E-state index contributed by atoms with van der Waals surface area (Å²) in [7, 11) is 1.26. The van der Waals surface area contributed by atoms with Crippen LogP contribution in [0.2, 0.25) is 0 Å². The number of benzene rings is 2. The van der Waals surface area contributed by atoms with Gasteiger partial charge in [-0.15, -0.1) is 0 Å². The molecule has 2 aromatic carbocycles. The first-order valence-electron chi connectivity index (χ1n) is 8.01. The SMILES string of the molecule is COc1cc(CNCc2ccccc2C)c([N+](=O)[O-])cc1OCC(F)(F)F. The molecule has 146 valence electrons. The lowest BCUT2D eigenvalue weighted by atomic mass is 10.1. The highest BCUT2D eigenvalue weighted by molar-refractivity contribution is 5.54. The largest absolute Gasteiger partial charge is 0.493 e. The van der Waals surface area contributed by atoms with E-state index in [1.807, 2.05) is 31.2 Å². The number of ether oxygens (including phenoxy) is 2. The quantitative estimate of drug-likeness (QED) is 0.547. The van der Waals surface area contributed by atoms with Crippen molar-refractivity contribution < 1.29 is 27.6 Å². The van der Waals surface area contributed by atoms with Crippen LogP contribution in [0.4, 0.5) is 18.9 Å². The molecule has 0 heterocycles. The molecule has 0 atom stereocenters. The minimum Gasteiger partial charge on any atom is -0.493 e. The van der Waals surface area contributed by atoms with E-state index in [0.717, 1.165) is 17.2 Å². The molecule has 9 heteroatoms. The fourth-order valence-corrected chi connectivity index (χ4v) is 2.48. The van der Waals surface area contributed by atoms with Crippen molar-refractivity contribution >= 4 is 5.69 Å². The van der Waals surface area contributed by atoms with E-state index in [-0.39, 0.29) is 29.3 Å². The lowest BCUT2D eigenvalue weighted by molar-refractivity contribution is -0.385. The van der Waals surface area contributed by atoms with Crippen molar-refractivity contribution in [2.24, 2.45) is 0 Å². The van der Waals surface area contributed by atoms with Crippen LogP contribution in [-0.2, 0) is 13.1 Å². The number of rotatable bonds is 8. The van der Waals surface area contributed by atoms with Gasteiger partial charge < -0.3 is 14.8 Å². The summed E-state index contributed by atoms with van der Waals surface area (Å²) in [5.41, 5.74) is 2.06. The molecule has 0 aliphatic carbocycles. The van der Waals surface area contributed by atoms with E-state index in [1.165, 1.54) is 13.2 Å². The van der Waals surface area contributed by atoms with E-state index in [4.69, 9.17) is 4.74 Å². The van der Waals surface area contributed by atoms with Crippen molar-refractivity contribution in [3.63, 3.8) is 0 Å². The zero-order valence-electron chi connectivity index (χ0n) is 14.8. The molecule has 0 spiro atoms. The molecule has 2 aromatic rings. The summed E-state index contributed by atoms with van der Waals surface area (Å²) >= 11 is 0. The minimum atomic E-state index is -4.56. The van der Waals surface area contributed by atoms with Crippen molar-refractivity contribution in [2.45, 2.75) is 26.2 Å². The van der Waals surface area contributed by atoms with Gasteiger partial charge in [-0.3, -0.25) is 10.1 Å². The van der Waals surface area contributed by atoms with Crippen molar-refractivity contribution in [1.82, 2.24) is 5.32 Å². The lowest BCUT2D eigenvalue weighted by Gasteiger charge is -2.14. The van der Waals surface area contributed by atoms with E-state index in [2.05, 4.69) is 10.1 Å². The second-order valence-corrected chi connectivity index (χ2v) is 5.82. The fourth-order valence-electron chi connectivity index (χ4n) is 2.48. The first-order valence-corrected chi connectivity index (χ1v) is 8.01. The van der Waals surface area contributed by atoms with Gasteiger partial charge in [0.25, 0.3) is 5.69 Å². The highest BCUT2D eigenvalue weighted by atomic mass is 19.4. The predicted molar refractivity (Wildman–Crippen MR) is 92.9 cm³/mol. The Labute approximate surface area is 154 Å². The molecular weight excluding hydrogens is 365 g/mol. The first-order chi connectivity index (χ1) is 12.7. The van der Waals surface area contributed by atoms with Crippen molar-refractivity contribution in [3.8, 4) is 11.5 Å². The summed E-state index contributed by atoms with van der Waals surface area (Å²) in [5, 5.41) is 14.4. The van der Waals surface area contributed by atoms with Crippen LogP contribution >= 0.6 is 0 Å². The Kier molecular flexibility index (Phi) is 6.62. The summed E-state index contributed by atoms with van der Waals surface area (Å²) in [6.07, 6.45) is -4.56. The maximum absolute atomic E-state index is 12.4. The maximum atomic E-state index is 12.4. The standard InChI is InChI=1S/C18H19F3N2O4/c1-12-5-3-4-6-13(12)9-22-10-14-7-16(26-2)17(8-15(14)23(24)25)27-11-18(19,20)21/h3-8,22H,9-11H2,1-2H3. The normalized spacial score (nSPS) is 11.3. The molecule has 0 fully saturated rings. The van der Waals surface area contributed by atoms with E-state index in [0.29, 0.717) is 6.54 Å². The molecule has 2 rings (SSSR count). The van der Waals surface area contributed by atoms with E-state index < -0.39 is 17.7 Å². The Balaban J connectivity index is 2.19. The number of nitrogens with one attached hydrogen (secondary N) is 1. The molecule has 0 bridgehead atoms. The molecule has 0 radical (unpaired) electrons. The van der Waals surface area contributed by atoms with Gasteiger partial charge in [-0.25, -0.2) is 0 Å². The summed E-state index contributed by atoms with van der Waals surface area (Å²) in [5.74, 6) is -0.332. The van der Waals surface area contributed by atoms with Crippen molar-refractivity contribution in [3.05, 3.63) is 63.2 Å². The van der Waals surface area contributed by atoms with Gasteiger partial charge in [-0.2, -0.15) is 13.2 Å². The van der Waals surface area contributed by atoms with E-state index >= 15 is 0 Å². The molecule has 0 saturated heterocycles. The fraction of sp³-hybridized carbons (Fsp3) is 0.333. The molecule has 0 saturated carbocycles. The van der Waals surface area contributed by atoms with E-state index in [1.54, 1.807) is 0 Å². The third-order valence-electron chi connectivity index (χ3n) is 3.85. The minimum absolute atomic E-state index is 0.00228. The summed E-state index contributed by atoms with van der Waals surface area (Å²) in [6.45, 7) is 1.01. The van der Waals surface area contributed by atoms with Crippen molar-refractivity contribution in [2.75, 3.05) is 13.7 Å². The molecular formula is C18H19F3N2O4. The van der Waals surface area contributed by atoms with Crippen LogP contribution < -0.4 is 14.8 Å². The Bertz CT molecular complexity index is 810. The van der Waals surface area contributed by atoms with Gasteiger partial charge in [0.15, 0.2) is 18.1 Å². The Morgan fingerprint density at radius 3 is 2.37 bits per heavy atom. The van der Waals surface area contributed by atoms with Gasteiger partial charge in [0.1, 0.15) is 0 Å². The van der Waals surface area contributed by atoms with Crippen LogP contribution in [0, 0.1) is 17.0 Å². The van der Waals surface area contributed by atoms with Crippen LogP contribution in [0.1, 0.15) is 16.7 Å². The van der Waals surface area contributed by atoms with Gasteiger partial charge >= 0.3 is 6.18 Å². The number of methoxy groups -OCH3 is 1. The second kappa shape index (κ2) is 8.72. The number of aryl methyl sites for hydroxylation is 1. The molecule has 27 heavy (non-hydrogen) atoms. The summed E-state index contributed by atoms with van der Waals surface area (Å²) in [6, 6.07) is 9.96. The van der Waals surface area contributed by atoms with Crippen LogP contribution in [0.3, 0.4) is 0 Å². The third kappa shape index (κ3) is 5.85. The molecule has 0 unspecified atom stereocenters. The van der Waals surface area contributed by atoms with Crippen LogP contribution in [0.15, 0.2) is 36.4 Å². The highest BCUT2D eigenvalue weighted by Gasteiger charge is 2.30. The monoisotopic (exact) mass is 384 g/mol. The molecule has 6 nitrogen and oxygen atoms in total. The maximum Gasteiger partial charge on any atom is 0.422 e. The number of nitrogens with zero attached hydrogens (tertiary/aromatic N) is 1. The second-order valence-electron chi connectivity index (χ2n) is 5.82. The smallest absolute Gasteiger partial charge is 0.422 e. The Morgan fingerprint density at radius 1 is 1.11 bits per heavy atom. The average Bonchev–Trinajstić information content (AvgIpc) is 2.60. The van der Waals surface area contributed by atoms with Crippen LogP contribution in [0.5, 0.6) is 11.5 Å². The zero-order chi connectivity index (χ0) is 20.0. The summed E-state index contributed by atoms with van der Waals surface area (Å²) in [4.78, 5) is 10.7. The van der Waals surface area contributed by atoms with Gasteiger partial charge in [0.05, 0.1) is 18.1 Å². The summed E-state index contributed by atoms with van der Waals surface area (Å²) < 4.78 is 46.8. The molecule has 0 amide bonds. The average molecular weight is 384 g/mol. The lowest BCUT2D eigenvalue weighted by Crippen LogP contribution is -2.20. The van der Waals surface area contributed by atoms with Gasteiger partial charge in [-0.05, 0) is 24.1 Å². The van der Waals surface area contributed by atoms with Gasteiger partial charge in [0.2, 0.25) is 0 Å². The van der Waals surface area contributed by atoms with Gasteiger partial charge in [0, 0.05) is 18.7 Å². The zero-order valence-corrected chi connectivity index (χ0v) is 14.8.